The number of nitrogens with one attached hydrogen (secondary N) is 1. The molecule has 0 aliphatic rings. The van der Waals surface area contributed by atoms with Crippen molar-refractivity contribution in [3.8, 4) is 0 Å². The summed E-state index contributed by atoms with van der Waals surface area (Å²) in [5.74, 6) is 3.25. The molecule has 3 heteroatoms. The van der Waals surface area contributed by atoms with E-state index in [0.29, 0.717) is 12.1 Å². The van der Waals surface area contributed by atoms with E-state index in [2.05, 4.69) is 33.0 Å². The molecule has 0 saturated heterocycles. The average molecular weight is 219 g/mol. The number of thioether (sulfide) groups is 1. The van der Waals surface area contributed by atoms with Gasteiger partial charge in [-0.2, -0.15) is 11.8 Å². The number of ether oxygens (including phenoxy) is 1. The van der Waals surface area contributed by atoms with Crippen LogP contribution in [0.4, 0.5) is 0 Å². The number of hydrogen-bond donors (Lipinski definition) is 1. The van der Waals surface area contributed by atoms with Crippen molar-refractivity contribution in [1.29, 1.82) is 0 Å². The van der Waals surface area contributed by atoms with E-state index >= 15 is 0 Å². The van der Waals surface area contributed by atoms with Crippen molar-refractivity contribution < 1.29 is 4.74 Å². The van der Waals surface area contributed by atoms with Crippen LogP contribution < -0.4 is 5.32 Å². The summed E-state index contributed by atoms with van der Waals surface area (Å²) in [6.45, 7) is 9.86. The van der Waals surface area contributed by atoms with Crippen molar-refractivity contribution in [3.05, 3.63) is 0 Å². The van der Waals surface area contributed by atoms with Gasteiger partial charge in [0, 0.05) is 25.4 Å². The van der Waals surface area contributed by atoms with E-state index in [4.69, 9.17) is 4.74 Å². The van der Waals surface area contributed by atoms with Gasteiger partial charge in [0.05, 0.1) is 6.10 Å². The molecule has 0 fully saturated rings. The molecule has 14 heavy (non-hydrogen) atoms. The minimum absolute atomic E-state index is 0.296. The molecular weight excluding hydrogens is 194 g/mol. The third kappa shape index (κ3) is 7.65. The molecule has 0 saturated carbocycles. The average Bonchev–Trinajstić information content (AvgIpc) is 2.15. The molecule has 2 nitrogen and oxygen atoms in total. The van der Waals surface area contributed by atoms with Gasteiger partial charge >= 0.3 is 0 Å². The smallest absolute Gasteiger partial charge is 0.0693 e. The van der Waals surface area contributed by atoms with Gasteiger partial charge in [-0.05, 0) is 25.5 Å². The first-order valence-corrected chi connectivity index (χ1v) is 6.57. The van der Waals surface area contributed by atoms with Gasteiger partial charge < -0.3 is 10.1 Å². The predicted molar refractivity (Wildman–Crippen MR) is 66.1 cm³/mol. The van der Waals surface area contributed by atoms with Gasteiger partial charge in [0.25, 0.3) is 0 Å². The highest BCUT2D eigenvalue weighted by Gasteiger charge is 2.09. The molecule has 2 unspecified atom stereocenters. The van der Waals surface area contributed by atoms with E-state index in [1.54, 1.807) is 7.11 Å². The quantitative estimate of drug-likeness (QED) is 0.633. The van der Waals surface area contributed by atoms with Crippen LogP contribution in [0.25, 0.3) is 0 Å². The van der Waals surface area contributed by atoms with Crippen molar-refractivity contribution in [3.63, 3.8) is 0 Å². The first-order chi connectivity index (χ1) is 6.57. The zero-order chi connectivity index (χ0) is 11.0. The van der Waals surface area contributed by atoms with Crippen LogP contribution in [-0.2, 0) is 4.74 Å². The minimum atomic E-state index is 0.296. The minimum Gasteiger partial charge on any atom is -0.380 e. The Kier molecular flexibility index (Phi) is 8.73. The van der Waals surface area contributed by atoms with Gasteiger partial charge in [-0.25, -0.2) is 0 Å². The fourth-order valence-corrected chi connectivity index (χ4v) is 1.95. The fourth-order valence-electron chi connectivity index (χ4n) is 1.05. The highest BCUT2D eigenvalue weighted by Crippen LogP contribution is 2.06. The Morgan fingerprint density at radius 2 is 1.86 bits per heavy atom. The van der Waals surface area contributed by atoms with Crippen LogP contribution >= 0.6 is 11.8 Å². The van der Waals surface area contributed by atoms with Gasteiger partial charge in [-0.1, -0.05) is 13.8 Å². The molecule has 0 amide bonds. The summed E-state index contributed by atoms with van der Waals surface area (Å²) in [4.78, 5) is 0. The number of hydrogen-bond acceptors (Lipinski definition) is 3. The molecule has 2 atom stereocenters. The monoisotopic (exact) mass is 219 g/mol. The Morgan fingerprint density at radius 3 is 2.36 bits per heavy atom. The molecule has 0 spiro atoms. The summed E-state index contributed by atoms with van der Waals surface area (Å²) in [5, 5.41) is 3.46. The van der Waals surface area contributed by atoms with Gasteiger partial charge in [0.2, 0.25) is 0 Å². The van der Waals surface area contributed by atoms with Crippen LogP contribution in [0.2, 0.25) is 0 Å². The molecule has 0 radical (unpaired) electrons. The zero-order valence-electron chi connectivity index (χ0n) is 10.2. The normalized spacial score (nSPS) is 15.9. The van der Waals surface area contributed by atoms with Crippen LogP contribution in [0.5, 0.6) is 0 Å². The van der Waals surface area contributed by atoms with Crippen molar-refractivity contribution >= 4 is 11.8 Å². The molecule has 0 bridgehead atoms. The van der Waals surface area contributed by atoms with Crippen molar-refractivity contribution in [1.82, 2.24) is 5.32 Å². The van der Waals surface area contributed by atoms with Gasteiger partial charge in [0.15, 0.2) is 0 Å². The molecular formula is C11H25NOS. The van der Waals surface area contributed by atoms with Crippen molar-refractivity contribution in [2.75, 3.05) is 25.2 Å². The lowest BCUT2D eigenvalue weighted by Crippen LogP contribution is -2.37. The second-order valence-corrected chi connectivity index (χ2v) is 5.30. The Labute approximate surface area is 93.2 Å². The van der Waals surface area contributed by atoms with Gasteiger partial charge in [-0.3, -0.25) is 0 Å². The lowest BCUT2D eigenvalue weighted by atomic mass is 10.2. The summed E-state index contributed by atoms with van der Waals surface area (Å²) in [5.41, 5.74) is 0. The second kappa shape index (κ2) is 8.57. The topological polar surface area (TPSA) is 21.3 Å². The Morgan fingerprint density at radius 1 is 1.21 bits per heavy atom. The summed E-state index contributed by atoms with van der Waals surface area (Å²) < 4.78 is 5.24. The summed E-state index contributed by atoms with van der Waals surface area (Å²) >= 11 is 2.02. The van der Waals surface area contributed by atoms with Crippen LogP contribution in [0, 0.1) is 5.92 Å². The van der Waals surface area contributed by atoms with E-state index in [0.717, 1.165) is 12.5 Å². The Balaban J connectivity index is 3.27. The largest absolute Gasteiger partial charge is 0.380 e. The third-order valence-electron chi connectivity index (χ3n) is 2.24. The molecule has 0 aliphatic carbocycles. The van der Waals surface area contributed by atoms with Crippen LogP contribution in [0.3, 0.4) is 0 Å². The van der Waals surface area contributed by atoms with Crippen molar-refractivity contribution in [2.45, 2.75) is 39.8 Å². The standard InChI is InChI=1S/C11H25NOS/c1-9(2)8-14-7-6-12-10(3)11(4)13-5/h9-12H,6-8H2,1-5H3. The maximum atomic E-state index is 5.24. The maximum absolute atomic E-state index is 5.24. The first kappa shape index (κ1) is 14.3. The van der Waals surface area contributed by atoms with Crippen molar-refractivity contribution in [2.24, 2.45) is 5.92 Å². The molecule has 0 rings (SSSR count). The fraction of sp³-hybridized carbons (Fsp3) is 1.00. The van der Waals surface area contributed by atoms with E-state index < -0.39 is 0 Å². The molecule has 0 aromatic heterocycles. The Bertz CT molecular complexity index is 130. The summed E-state index contributed by atoms with van der Waals surface area (Å²) in [6, 6.07) is 0.444. The van der Waals surface area contributed by atoms with Crippen LogP contribution in [0.15, 0.2) is 0 Å². The maximum Gasteiger partial charge on any atom is 0.0693 e. The first-order valence-electron chi connectivity index (χ1n) is 5.41. The predicted octanol–water partition coefficient (Wildman–Crippen LogP) is 2.39. The highest BCUT2D eigenvalue weighted by molar-refractivity contribution is 7.99. The molecule has 0 aromatic carbocycles. The number of rotatable bonds is 8. The van der Waals surface area contributed by atoms with Crippen LogP contribution in [-0.4, -0.2) is 37.3 Å². The van der Waals surface area contributed by atoms with E-state index in [9.17, 15) is 0 Å². The number of methoxy groups -OCH3 is 1. The molecule has 0 heterocycles. The van der Waals surface area contributed by atoms with E-state index in [1.165, 1.54) is 11.5 Å². The lowest BCUT2D eigenvalue weighted by molar-refractivity contribution is 0.0895. The van der Waals surface area contributed by atoms with E-state index in [1.807, 2.05) is 11.8 Å². The SMILES string of the molecule is COC(C)C(C)NCCSCC(C)C. The molecule has 0 aliphatic heterocycles. The molecule has 86 valence electrons. The molecule has 0 aromatic rings. The lowest BCUT2D eigenvalue weighted by Gasteiger charge is -2.19. The Hall–Kier alpha value is 0.270. The highest BCUT2D eigenvalue weighted by atomic mass is 32.2. The molecule has 1 N–H and O–H groups in total. The third-order valence-corrected chi connectivity index (χ3v) is 3.63. The van der Waals surface area contributed by atoms with Gasteiger partial charge in [-0.15, -0.1) is 0 Å². The zero-order valence-corrected chi connectivity index (χ0v) is 11.0. The van der Waals surface area contributed by atoms with Gasteiger partial charge in [0.1, 0.15) is 0 Å². The summed E-state index contributed by atoms with van der Waals surface area (Å²) in [6.07, 6.45) is 0.296. The second-order valence-electron chi connectivity index (χ2n) is 4.15. The van der Waals surface area contributed by atoms with Crippen LogP contribution in [0.1, 0.15) is 27.7 Å². The summed E-state index contributed by atoms with van der Waals surface area (Å²) in [7, 11) is 1.76. The van der Waals surface area contributed by atoms with E-state index in [-0.39, 0.29) is 0 Å².